The first-order valence-electron chi connectivity index (χ1n) is 6.37. The smallest absolute Gasteiger partial charge is 0.363 e. The van der Waals surface area contributed by atoms with Crippen LogP contribution < -0.4 is 9.47 Å². The maximum absolute atomic E-state index is 11.9. The molecule has 0 aliphatic carbocycles. The Morgan fingerprint density at radius 1 is 1.14 bits per heavy atom. The van der Waals surface area contributed by atoms with Gasteiger partial charge in [-0.15, -0.1) is 0 Å². The number of hydrogen-bond donors (Lipinski definition) is 0. The Labute approximate surface area is 133 Å². The molecule has 0 fully saturated rings. The largest absolute Gasteiger partial charge is 0.454 e. The van der Waals surface area contributed by atoms with Gasteiger partial charge >= 0.3 is 5.97 Å². The second-order valence-corrected chi connectivity index (χ2v) is 5.33. The number of ether oxygens (including phenoxy) is 3. The highest BCUT2D eigenvalue weighted by molar-refractivity contribution is 9.10. The molecule has 2 aliphatic heterocycles. The number of nitrogens with zero attached hydrogens (tertiary/aromatic N) is 1. The Kier molecular flexibility index (Phi) is 3.00. The van der Waals surface area contributed by atoms with Crippen LogP contribution in [0.3, 0.4) is 0 Å². The zero-order valence-electron chi connectivity index (χ0n) is 11.0. The van der Waals surface area contributed by atoms with E-state index < -0.39 is 5.97 Å². The molecular formula is C15H8BrNO5. The summed E-state index contributed by atoms with van der Waals surface area (Å²) in [5, 5.41) is 0. The number of furan rings is 1. The molecule has 0 saturated heterocycles. The third-order valence-electron chi connectivity index (χ3n) is 3.11. The SMILES string of the molecule is O=C1OC(c2ccc3c(c2)OCO3)=NC1=Cc1ccc(Br)o1. The fourth-order valence-electron chi connectivity index (χ4n) is 2.10. The van der Waals surface area contributed by atoms with Gasteiger partial charge in [-0.25, -0.2) is 9.79 Å². The lowest BCUT2D eigenvalue weighted by molar-refractivity contribution is -0.129. The lowest BCUT2D eigenvalue weighted by Gasteiger charge is -2.01. The summed E-state index contributed by atoms with van der Waals surface area (Å²) in [6, 6.07) is 8.68. The number of esters is 1. The first-order valence-corrected chi connectivity index (χ1v) is 7.16. The molecule has 6 nitrogen and oxygen atoms in total. The zero-order chi connectivity index (χ0) is 15.1. The van der Waals surface area contributed by atoms with E-state index in [4.69, 9.17) is 18.6 Å². The van der Waals surface area contributed by atoms with Crippen molar-refractivity contribution in [3.63, 3.8) is 0 Å². The molecule has 0 bridgehead atoms. The van der Waals surface area contributed by atoms with E-state index in [-0.39, 0.29) is 18.4 Å². The van der Waals surface area contributed by atoms with E-state index >= 15 is 0 Å². The molecule has 0 radical (unpaired) electrons. The van der Waals surface area contributed by atoms with Gasteiger partial charge in [0.15, 0.2) is 21.9 Å². The van der Waals surface area contributed by atoms with Crippen molar-refractivity contribution in [1.29, 1.82) is 0 Å². The number of fused-ring (bicyclic) bond motifs is 1. The quantitative estimate of drug-likeness (QED) is 0.607. The molecule has 110 valence electrons. The Morgan fingerprint density at radius 2 is 2.00 bits per heavy atom. The summed E-state index contributed by atoms with van der Waals surface area (Å²) < 4.78 is 21.6. The standard InChI is InChI=1S/C15H8BrNO5/c16-13-4-2-9(21-13)6-10-15(18)22-14(17-10)8-1-3-11-12(5-8)20-7-19-11/h1-6H,7H2. The molecule has 3 heterocycles. The highest BCUT2D eigenvalue weighted by Crippen LogP contribution is 2.33. The summed E-state index contributed by atoms with van der Waals surface area (Å²) in [5.74, 6) is 1.46. The Balaban J connectivity index is 1.67. The van der Waals surface area contributed by atoms with E-state index in [1.54, 1.807) is 30.3 Å². The van der Waals surface area contributed by atoms with E-state index in [1.807, 2.05) is 0 Å². The van der Waals surface area contributed by atoms with Gasteiger partial charge in [0.2, 0.25) is 12.7 Å². The number of carbonyl (C=O) groups excluding carboxylic acids is 1. The number of halogens is 1. The molecule has 7 heteroatoms. The molecular weight excluding hydrogens is 354 g/mol. The summed E-state index contributed by atoms with van der Waals surface area (Å²) in [6.45, 7) is 0.184. The molecule has 0 spiro atoms. The average Bonchev–Trinajstić information content (AvgIpc) is 3.20. The van der Waals surface area contributed by atoms with Crippen molar-refractivity contribution >= 4 is 33.9 Å². The van der Waals surface area contributed by atoms with Gasteiger partial charge in [-0.2, -0.15) is 0 Å². The van der Waals surface area contributed by atoms with Crippen molar-refractivity contribution in [3.8, 4) is 11.5 Å². The molecule has 0 unspecified atom stereocenters. The highest BCUT2D eigenvalue weighted by atomic mass is 79.9. The van der Waals surface area contributed by atoms with Gasteiger partial charge in [0.1, 0.15) is 5.76 Å². The van der Waals surface area contributed by atoms with E-state index in [2.05, 4.69) is 20.9 Å². The summed E-state index contributed by atoms with van der Waals surface area (Å²) in [6.07, 6.45) is 1.52. The van der Waals surface area contributed by atoms with Crippen molar-refractivity contribution in [2.24, 2.45) is 4.99 Å². The van der Waals surface area contributed by atoms with Crippen LogP contribution in [-0.4, -0.2) is 18.7 Å². The minimum Gasteiger partial charge on any atom is -0.454 e. The Hall–Kier alpha value is -2.54. The van der Waals surface area contributed by atoms with Crippen molar-refractivity contribution in [1.82, 2.24) is 0 Å². The molecule has 4 rings (SSSR count). The normalized spacial score (nSPS) is 17.8. The maximum atomic E-state index is 11.9. The van der Waals surface area contributed by atoms with Crippen LogP contribution in [0.4, 0.5) is 0 Å². The predicted molar refractivity (Wildman–Crippen MR) is 79.6 cm³/mol. The molecule has 2 aromatic rings. The van der Waals surface area contributed by atoms with E-state index in [0.29, 0.717) is 27.5 Å². The number of rotatable bonds is 2. The maximum Gasteiger partial charge on any atom is 0.363 e. The third kappa shape index (κ3) is 2.29. The van der Waals surface area contributed by atoms with Crippen LogP contribution in [0.5, 0.6) is 11.5 Å². The second-order valence-electron chi connectivity index (χ2n) is 4.55. The second kappa shape index (κ2) is 5.03. The number of hydrogen-bond acceptors (Lipinski definition) is 6. The van der Waals surface area contributed by atoms with Gasteiger partial charge in [-0.1, -0.05) is 0 Å². The van der Waals surface area contributed by atoms with Crippen LogP contribution in [0, 0.1) is 0 Å². The van der Waals surface area contributed by atoms with Gasteiger partial charge < -0.3 is 18.6 Å². The van der Waals surface area contributed by atoms with Gasteiger partial charge in [0, 0.05) is 11.6 Å². The Bertz CT molecular complexity index is 836. The summed E-state index contributed by atoms with van der Waals surface area (Å²) in [4.78, 5) is 16.1. The molecule has 0 atom stereocenters. The number of cyclic esters (lactones) is 1. The van der Waals surface area contributed by atoms with Gasteiger partial charge in [0.05, 0.1) is 0 Å². The van der Waals surface area contributed by atoms with Crippen LogP contribution in [0.2, 0.25) is 0 Å². The van der Waals surface area contributed by atoms with Crippen molar-refractivity contribution in [2.75, 3.05) is 6.79 Å². The van der Waals surface area contributed by atoms with Gasteiger partial charge in [-0.3, -0.25) is 0 Å². The van der Waals surface area contributed by atoms with Crippen molar-refractivity contribution in [2.45, 2.75) is 0 Å². The first kappa shape index (κ1) is 13.1. The molecule has 1 aromatic carbocycles. The first-order chi connectivity index (χ1) is 10.7. The number of carbonyl (C=O) groups is 1. The van der Waals surface area contributed by atoms with Crippen LogP contribution in [0.25, 0.3) is 6.08 Å². The average molecular weight is 362 g/mol. The molecule has 1 aromatic heterocycles. The molecule has 2 aliphatic rings. The molecule has 0 amide bonds. The Morgan fingerprint density at radius 3 is 2.82 bits per heavy atom. The van der Waals surface area contributed by atoms with E-state index in [1.165, 1.54) is 6.08 Å². The third-order valence-corrected chi connectivity index (χ3v) is 3.54. The van der Waals surface area contributed by atoms with Crippen LogP contribution in [0.1, 0.15) is 11.3 Å². The molecule has 22 heavy (non-hydrogen) atoms. The fourth-order valence-corrected chi connectivity index (χ4v) is 2.42. The lowest BCUT2D eigenvalue weighted by atomic mass is 10.2. The fraction of sp³-hybridized carbons (Fsp3) is 0.0667. The number of aliphatic imine (C=N–C) groups is 1. The van der Waals surface area contributed by atoms with Crippen molar-refractivity contribution in [3.05, 3.63) is 52.0 Å². The zero-order valence-corrected chi connectivity index (χ0v) is 12.6. The van der Waals surface area contributed by atoms with Crippen LogP contribution >= 0.6 is 15.9 Å². The topological polar surface area (TPSA) is 70.3 Å². The highest BCUT2D eigenvalue weighted by Gasteiger charge is 2.26. The van der Waals surface area contributed by atoms with Crippen molar-refractivity contribution < 1.29 is 23.4 Å². The van der Waals surface area contributed by atoms with Gasteiger partial charge in [-0.05, 0) is 46.3 Å². The van der Waals surface area contributed by atoms with Gasteiger partial charge in [0.25, 0.3) is 0 Å². The molecule has 0 N–H and O–H groups in total. The lowest BCUT2D eigenvalue weighted by Crippen LogP contribution is -2.05. The number of benzene rings is 1. The minimum absolute atomic E-state index is 0.175. The van der Waals surface area contributed by atoms with Crippen LogP contribution in [0.15, 0.2) is 50.1 Å². The van der Waals surface area contributed by atoms with E-state index in [0.717, 1.165) is 0 Å². The predicted octanol–water partition coefficient (Wildman–Crippen LogP) is 3.12. The van der Waals surface area contributed by atoms with Crippen LogP contribution in [-0.2, 0) is 9.53 Å². The summed E-state index contributed by atoms with van der Waals surface area (Å²) in [5.41, 5.74) is 0.816. The summed E-state index contributed by atoms with van der Waals surface area (Å²) >= 11 is 3.20. The minimum atomic E-state index is -0.528. The van der Waals surface area contributed by atoms with E-state index in [9.17, 15) is 4.79 Å². The summed E-state index contributed by atoms with van der Waals surface area (Å²) in [7, 11) is 0. The monoisotopic (exact) mass is 361 g/mol. The molecule has 0 saturated carbocycles.